The molecule has 96 valence electrons. The lowest BCUT2D eigenvalue weighted by atomic mass is 9.91. The van der Waals surface area contributed by atoms with E-state index in [0.29, 0.717) is 0 Å². The number of alkyl halides is 3. The largest absolute Gasteiger partial charge is 0.390 e. The van der Waals surface area contributed by atoms with Crippen LogP contribution in [0, 0.1) is 5.92 Å². The average Bonchev–Trinajstić information content (AvgIpc) is 2.15. The number of sulfone groups is 1. The summed E-state index contributed by atoms with van der Waals surface area (Å²) in [4.78, 5) is 0. The lowest BCUT2D eigenvalue weighted by Gasteiger charge is -2.21. The van der Waals surface area contributed by atoms with E-state index in [1.807, 2.05) is 0 Å². The summed E-state index contributed by atoms with van der Waals surface area (Å²) in [6.45, 7) is 0. The molecule has 0 aromatic heterocycles. The Morgan fingerprint density at radius 1 is 1.06 bits per heavy atom. The third-order valence-electron chi connectivity index (χ3n) is 2.91. The monoisotopic (exact) mass is 258 g/mol. The smallest absolute Gasteiger partial charge is 0.229 e. The van der Waals surface area contributed by atoms with E-state index in [1.54, 1.807) is 0 Å². The molecule has 0 radical (unpaired) electrons. The molecule has 1 fully saturated rings. The molecule has 0 unspecified atom stereocenters. The average molecular weight is 258 g/mol. The van der Waals surface area contributed by atoms with Gasteiger partial charge in [0.2, 0.25) is 0 Å². The molecular weight excluding hydrogens is 241 g/mol. The second kappa shape index (κ2) is 5.38. The van der Waals surface area contributed by atoms with Gasteiger partial charge in [0.25, 0.3) is 0 Å². The van der Waals surface area contributed by atoms with E-state index >= 15 is 0 Å². The van der Waals surface area contributed by atoms with Crippen molar-refractivity contribution >= 4 is 9.84 Å². The molecule has 0 atom stereocenters. The molecular formula is C10H17F3O2S. The van der Waals surface area contributed by atoms with E-state index in [4.69, 9.17) is 0 Å². The molecule has 0 spiro atoms. The van der Waals surface area contributed by atoms with E-state index in [0.717, 1.165) is 32.1 Å². The maximum atomic E-state index is 11.9. The second-order valence-electron chi connectivity index (χ2n) is 4.48. The van der Waals surface area contributed by atoms with Crippen LogP contribution < -0.4 is 0 Å². The van der Waals surface area contributed by atoms with Crippen LogP contribution in [0.25, 0.3) is 0 Å². The zero-order valence-corrected chi connectivity index (χ0v) is 9.91. The Morgan fingerprint density at radius 3 is 2.12 bits per heavy atom. The van der Waals surface area contributed by atoms with Crippen LogP contribution >= 0.6 is 0 Å². The van der Waals surface area contributed by atoms with Crippen LogP contribution in [0.1, 0.15) is 38.5 Å². The lowest BCUT2D eigenvalue weighted by molar-refractivity contribution is -0.129. The summed E-state index contributed by atoms with van der Waals surface area (Å²) in [5, 5.41) is 0. The molecule has 0 aliphatic heterocycles. The molecule has 16 heavy (non-hydrogen) atoms. The molecule has 6 heteroatoms. The zero-order valence-electron chi connectivity index (χ0n) is 9.09. The van der Waals surface area contributed by atoms with Crippen molar-refractivity contribution in [3.05, 3.63) is 0 Å². The summed E-state index contributed by atoms with van der Waals surface area (Å²) < 4.78 is 58.6. The third-order valence-corrected chi connectivity index (χ3v) is 4.72. The highest BCUT2D eigenvalue weighted by Gasteiger charge is 2.31. The number of halogens is 3. The predicted octanol–water partition coefficient (Wildman–Crippen LogP) is 2.93. The van der Waals surface area contributed by atoms with Crippen LogP contribution in [0.15, 0.2) is 0 Å². The van der Waals surface area contributed by atoms with Gasteiger partial charge in [0, 0.05) is 0 Å². The molecule has 0 bridgehead atoms. The van der Waals surface area contributed by atoms with Crippen LogP contribution in [0.2, 0.25) is 0 Å². The standard InChI is InChI=1S/C10H17F3O2S/c11-10(12,13)6-7-16(14,15)8-9-4-2-1-3-5-9/h9H,1-8H2. The molecule has 0 amide bonds. The van der Waals surface area contributed by atoms with Crippen molar-refractivity contribution in [1.29, 1.82) is 0 Å². The van der Waals surface area contributed by atoms with Crippen molar-refractivity contribution in [1.82, 2.24) is 0 Å². The minimum Gasteiger partial charge on any atom is -0.229 e. The minimum atomic E-state index is -4.38. The third kappa shape index (κ3) is 5.72. The van der Waals surface area contributed by atoms with Gasteiger partial charge in [-0.1, -0.05) is 19.3 Å². The molecule has 0 N–H and O–H groups in total. The molecule has 0 aromatic rings. The van der Waals surface area contributed by atoms with Crippen molar-refractivity contribution in [2.45, 2.75) is 44.7 Å². The van der Waals surface area contributed by atoms with Crippen molar-refractivity contribution in [2.24, 2.45) is 5.92 Å². The summed E-state index contributed by atoms with van der Waals surface area (Å²) in [5.74, 6) is -0.747. The van der Waals surface area contributed by atoms with Crippen LogP contribution in [-0.4, -0.2) is 26.1 Å². The maximum Gasteiger partial charge on any atom is 0.390 e. The molecule has 1 rings (SSSR count). The molecule has 1 saturated carbocycles. The lowest BCUT2D eigenvalue weighted by Crippen LogP contribution is -2.23. The summed E-state index contributed by atoms with van der Waals surface area (Å²) in [5.41, 5.74) is 0. The Balaban J connectivity index is 2.38. The normalized spacial score (nSPS) is 19.9. The summed E-state index contributed by atoms with van der Waals surface area (Å²) in [6, 6.07) is 0. The highest BCUT2D eigenvalue weighted by atomic mass is 32.2. The first-order valence-corrected chi connectivity index (χ1v) is 7.38. The van der Waals surface area contributed by atoms with Gasteiger partial charge in [-0.2, -0.15) is 13.2 Å². The fraction of sp³-hybridized carbons (Fsp3) is 1.00. The highest BCUT2D eigenvalue weighted by molar-refractivity contribution is 7.91. The Morgan fingerprint density at radius 2 is 1.62 bits per heavy atom. The molecule has 1 aliphatic rings. The van der Waals surface area contributed by atoms with E-state index in [2.05, 4.69) is 0 Å². The van der Waals surface area contributed by atoms with Crippen LogP contribution in [0.3, 0.4) is 0 Å². The highest BCUT2D eigenvalue weighted by Crippen LogP contribution is 2.26. The fourth-order valence-corrected chi connectivity index (χ4v) is 3.83. The quantitative estimate of drug-likeness (QED) is 0.777. The minimum absolute atomic E-state index is 0.0664. The summed E-state index contributed by atoms with van der Waals surface area (Å²) in [6.07, 6.45) is -0.809. The Bertz CT molecular complexity index is 303. The van der Waals surface area contributed by atoms with E-state index in [9.17, 15) is 21.6 Å². The molecule has 0 saturated heterocycles. The number of hydrogen-bond donors (Lipinski definition) is 0. The molecule has 0 aromatic carbocycles. The van der Waals surface area contributed by atoms with Crippen LogP contribution in [-0.2, 0) is 9.84 Å². The first-order chi connectivity index (χ1) is 7.29. The van der Waals surface area contributed by atoms with Crippen molar-refractivity contribution < 1.29 is 21.6 Å². The SMILES string of the molecule is O=S(=O)(CCC(F)(F)F)CC1CCCCC1. The summed E-state index contributed by atoms with van der Waals surface area (Å²) >= 11 is 0. The summed E-state index contributed by atoms with van der Waals surface area (Å²) in [7, 11) is -3.53. The van der Waals surface area contributed by atoms with Gasteiger partial charge in [0.05, 0.1) is 17.9 Å². The van der Waals surface area contributed by atoms with Gasteiger partial charge in [-0.25, -0.2) is 8.42 Å². The Hall–Kier alpha value is -0.260. The van der Waals surface area contributed by atoms with Gasteiger partial charge in [-0.05, 0) is 18.8 Å². The fourth-order valence-electron chi connectivity index (χ4n) is 2.07. The van der Waals surface area contributed by atoms with E-state index in [1.165, 1.54) is 0 Å². The number of rotatable bonds is 4. The first-order valence-electron chi connectivity index (χ1n) is 5.56. The van der Waals surface area contributed by atoms with Gasteiger partial charge in [0.15, 0.2) is 9.84 Å². The zero-order chi connectivity index (χ0) is 12.2. The first kappa shape index (κ1) is 13.8. The van der Waals surface area contributed by atoms with Crippen LogP contribution in [0.4, 0.5) is 13.2 Å². The second-order valence-corrected chi connectivity index (χ2v) is 6.71. The van der Waals surface area contributed by atoms with Gasteiger partial charge < -0.3 is 0 Å². The van der Waals surface area contributed by atoms with E-state index in [-0.39, 0.29) is 11.7 Å². The Kier molecular flexibility index (Phi) is 4.64. The maximum absolute atomic E-state index is 11.9. The van der Waals surface area contributed by atoms with E-state index < -0.39 is 28.2 Å². The topological polar surface area (TPSA) is 34.1 Å². The number of hydrogen-bond acceptors (Lipinski definition) is 2. The van der Waals surface area contributed by atoms with Gasteiger partial charge >= 0.3 is 6.18 Å². The van der Waals surface area contributed by atoms with Crippen molar-refractivity contribution in [2.75, 3.05) is 11.5 Å². The van der Waals surface area contributed by atoms with Crippen molar-refractivity contribution in [3.63, 3.8) is 0 Å². The predicted molar refractivity (Wildman–Crippen MR) is 55.9 cm³/mol. The van der Waals surface area contributed by atoms with Gasteiger partial charge in [-0.15, -0.1) is 0 Å². The van der Waals surface area contributed by atoms with Gasteiger partial charge in [-0.3, -0.25) is 0 Å². The molecule has 0 heterocycles. The Labute approximate surface area is 94.1 Å². The molecule has 2 nitrogen and oxygen atoms in total. The van der Waals surface area contributed by atoms with Gasteiger partial charge in [0.1, 0.15) is 0 Å². The van der Waals surface area contributed by atoms with Crippen molar-refractivity contribution in [3.8, 4) is 0 Å². The van der Waals surface area contributed by atoms with Crippen LogP contribution in [0.5, 0.6) is 0 Å². The molecule has 1 aliphatic carbocycles.